The number of aryl methyl sites for hydroxylation is 3. The molecule has 0 unspecified atom stereocenters. The molecule has 168 valence electrons. The van der Waals surface area contributed by atoms with Crippen LogP contribution in [-0.2, 0) is 19.3 Å². The smallest absolute Gasteiger partial charge is 0.196 e. The Morgan fingerprint density at radius 2 is 1.61 bits per heavy atom. The largest absolute Gasteiger partial charge is 0.293 e. The van der Waals surface area contributed by atoms with Gasteiger partial charge in [0.15, 0.2) is 16.8 Å². The fourth-order valence-corrected chi connectivity index (χ4v) is 4.72. The number of Topliss-reactive ketones (excluding diaryl/α,β-unsaturated/α-hetero) is 1. The van der Waals surface area contributed by atoms with Crippen molar-refractivity contribution in [1.82, 2.24) is 19.7 Å². The molecule has 2 aromatic carbocycles. The van der Waals surface area contributed by atoms with E-state index in [0.29, 0.717) is 10.9 Å². The van der Waals surface area contributed by atoms with E-state index >= 15 is 0 Å². The van der Waals surface area contributed by atoms with Crippen LogP contribution in [0.4, 0.5) is 0 Å². The van der Waals surface area contributed by atoms with Crippen LogP contribution in [0.25, 0.3) is 17.1 Å². The van der Waals surface area contributed by atoms with Crippen molar-refractivity contribution in [2.75, 3.05) is 5.75 Å². The average Bonchev–Trinajstić information content (AvgIpc) is 3.30. The minimum absolute atomic E-state index is 0.0830. The van der Waals surface area contributed by atoms with E-state index < -0.39 is 0 Å². The van der Waals surface area contributed by atoms with Crippen molar-refractivity contribution in [1.29, 1.82) is 0 Å². The van der Waals surface area contributed by atoms with Gasteiger partial charge in [0, 0.05) is 23.5 Å². The lowest BCUT2D eigenvalue weighted by molar-refractivity contribution is 0.102. The molecule has 5 nitrogen and oxygen atoms in total. The average molecular weight is 457 g/mol. The Kier molecular flexibility index (Phi) is 7.35. The molecule has 0 aliphatic carbocycles. The molecule has 0 radical (unpaired) electrons. The van der Waals surface area contributed by atoms with Gasteiger partial charge in [-0.2, -0.15) is 0 Å². The zero-order valence-corrected chi connectivity index (χ0v) is 20.1. The Morgan fingerprint density at radius 1 is 0.879 bits per heavy atom. The van der Waals surface area contributed by atoms with E-state index in [0.717, 1.165) is 41.9 Å². The normalized spacial score (nSPS) is 11.0. The molecule has 0 saturated carbocycles. The summed E-state index contributed by atoms with van der Waals surface area (Å²) in [5.74, 6) is 1.12. The van der Waals surface area contributed by atoms with Crippen LogP contribution in [0, 0.1) is 0 Å². The Hall–Kier alpha value is -3.25. The Balaban J connectivity index is 1.74. The summed E-state index contributed by atoms with van der Waals surface area (Å²) in [6.45, 7) is 6.42. The van der Waals surface area contributed by atoms with Crippen LogP contribution in [-0.4, -0.2) is 31.3 Å². The number of benzene rings is 2. The molecule has 0 saturated heterocycles. The van der Waals surface area contributed by atoms with Crippen molar-refractivity contribution in [2.24, 2.45) is 0 Å². The van der Waals surface area contributed by atoms with Crippen LogP contribution in [0.15, 0.2) is 72.1 Å². The van der Waals surface area contributed by atoms with Gasteiger partial charge in [0.2, 0.25) is 0 Å². The molecule has 2 heterocycles. The van der Waals surface area contributed by atoms with Gasteiger partial charge < -0.3 is 0 Å². The van der Waals surface area contributed by atoms with Gasteiger partial charge in [-0.1, -0.05) is 75.0 Å². The van der Waals surface area contributed by atoms with Gasteiger partial charge in [-0.25, -0.2) is 0 Å². The first-order valence-corrected chi connectivity index (χ1v) is 12.4. The SMILES string of the molecule is CCc1ccc(C(=O)CSc2nnc(-c3cccnc3)n2-c2c(CC)cccc2CC)cc1. The molecular formula is C27H28N4OS. The maximum atomic E-state index is 12.9. The lowest BCUT2D eigenvalue weighted by Gasteiger charge is -2.17. The second kappa shape index (κ2) is 10.6. The van der Waals surface area contributed by atoms with E-state index in [9.17, 15) is 4.79 Å². The molecule has 0 aliphatic rings. The van der Waals surface area contributed by atoms with Crippen molar-refractivity contribution >= 4 is 17.5 Å². The molecule has 33 heavy (non-hydrogen) atoms. The maximum absolute atomic E-state index is 12.9. The van der Waals surface area contributed by atoms with Crippen LogP contribution in [0.2, 0.25) is 0 Å². The number of nitrogens with zero attached hydrogens (tertiary/aromatic N) is 4. The van der Waals surface area contributed by atoms with Crippen molar-refractivity contribution < 1.29 is 4.79 Å². The molecule has 0 aliphatic heterocycles. The summed E-state index contributed by atoms with van der Waals surface area (Å²) in [5.41, 5.74) is 6.40. The summed E-state index contributed by atoms with van der Waals surface area (Å²) in [5, 5.41) is 9.75. The third kappa shape index (κ3) is 4.91. The number of ketones is 1. The number of hydrogen-bond acceptors (Lipinski definition) is 5. The van der Waals surface area contributed by atoms with Crippen LogP contribution in [0.3, 0.4) is 0 Å². The topological polar surface area (TPSA) is 60.7 Å². The molecule has 0 amide bonds. The van der Waals surface area contributed by atoms with Gasteiger partial charge in [-0.05, 0) is 48.1 Å². The fourth-order valence-electron chi connectivity index (χ4n) is 3.89. The first-order valence-electron chi connectivity index (χ1n) is 11.4. The summed E-state index contributed by atoms with van der Waals surface area (Å²) in [6, 6.07) is 18.2. The first-order chi connectivity index (χ1) is 16.2. The number of para-hydroxylation sites is 1. The van der Waals surface area contributed by atoms with Crippen molar-refractivity contribution in [3.05, 3.63) is 89.2 Å². The number of pyridine rings is 1. The molecule has 0 bridgehead atoms. The zero-order valence-electron chi connectivity index (χ0n) is 19.3. The van der Waals surface area contributed by atoms with Crippen LogP contribution >= 0.6 is 11.8 Å². The van der Waals surface area contributed by atoms with E-state index in [1.165, 1.54) is 28.5 Å². The number of carbonyl (C=O) groups is 1. The van der Waals surface area contributed by atoms with Gasteiger partial charge in [-0.3, -0.25) is 14.3 Å². The molecule has 0 atom stereocenters. The van der Waals surface area contributed by atoms with Gasteiger partial charge in [0.25, 0.3) is 0 Å². The third-order valence-corrected chi connectivity index (χ3v) is 6.69. The second-order valence-electron chi connectivity index (χ2n) is 7.78. The predicted molar refractivity (Wildman–Crippen MR) is 134 cm³/mol. The third-order valence-electron chi connectivity index (χ3n) is 5.76. The number of aromatic nitrogens is 4. The van der Waals surface area contributed by atoms with Gasteiger partial charge in [0.05, 0.1) is 11.4 Å². The molecule has 0 fully saturated rings. The van der Waals surface area contributed by atoms with Gasteiger partial charge >= 0.3 is 0 Å². The summed E-state index contributed by atoms with van der Waals surface area (Å²) in [6.07, 6.45) is 6.29. The summed E-state index contributed by atoms with van der Waals surface area (Å²) in [7, 11) is 0. The minimum atomic E-state index is 0.0830. The van der Waals surface area contributed by atoms with Crippen LogP contribution in [0.1, 0.15) is 47.8 Å². The van der Waals surface area contributed by atoms with E-state index in [1.807, 2.05) is 36.4 Å². The van der Waals surface area contributed by atoms with Crippen LogP contribution in [0.5, 0.6) is 0 Å². The summed E-state index contributed by atoms with van der Waals surface area (Å²) < 4.78 is 2.10. The minimum Gasteiger partial charge on any atom is -0.293 e. The quantitative estimate of drug-likeness (QED) is 0.229. The highest BCUT2D eigenvalue weighted by atomic mass is 32.2. The molecule has 4 rings (SSSR count). The highest BCUT2D eigenvalue weighted by Crippen LogP contribution is 2.32. The number of hydrogen-bond donors (Lipinski definition) is 0. The molecule has 6 heteroatoms. The molecule has 4 aromatic rings. The number of thioether (sulfide) groups is 1. The molecule has 0 spiro atoms. The predicted octanol–water partition coefficient (Wildman–Crippen LogP) is 5.99. The fraction of sp³-hybridized carbons (Fsp3) is 0.259. The molecule has 0 N–H and O–H groups in total. The Bertz CT molecular complexity index is 1210. The Morgan fingerprint density at radius 3 is 2.21 bits per heavy atom. The van der Waals surface area contributed by atoms with E-state index in [-0.39, 0.29) is 5.78 Å². The van der Waals surface area contributed by atoms with Crippen LogP contribution < -0.4 is 0 Å². The Labute approximate surface area is 199 Å². The number of rotatable bonds is 9. The summed E-state index contributed by atoms with van der Waals surface area (Å²) >= 11 is 1.43. The van der Waals surface area contributed by atoms with Crippen molar-refractivity contribution in [3.63, 3.8) is 0 Å². The second-order valence-corrected chi connectivity index (χ2v) is 8.72. The highest BCUT2D eigenvalue weighted by Gasteiger charge is 2.21. The lowest BCUT2D eigenvalue weighted by atomic mass is 10.0. The van der Waals surface area contributed by atoms with E-state index in [1.54, 1.807) is 12.4 Å². The van der Waals surface area contributed by atoms with Crippen molar-refractivity contribution in [2.45, 2.75) is 45.2 Å². The van der Waals surface area contributed by atoms with Gasteiger partial charge in [0.1, 0.15) is 0 Å². The lowest BCUT2D eigenvalue weighted by Crippen LogP contribution is -2.09. The monoisotopic (exact) mass is 456 g/mol. The summed E-state index contributed by atoms with van der Waals surface area (Å²) in [4.78, 5) is 17.2. The molecule has 2 aromatic heterocycles. The first kappa shape index (κ1) is 22.9. The standard InChI is InChI=1S/C27H28N4OS/c1-4-19-12-14-22(15-13-19)24(32)18-33-27-30-29-26(23-11-8-16-28-17-23)31(27)25-20(5-2)9-7-10-21(25)6-3/h7-17H,4-6,18H2,1-3H3. The zero-order chi connectivity index (χ0) is 23.2. The van der Waals surface area contributed by atoms with E-state index in [2.05, 4.69) is 58.7 Å². The maximum Gasteiger partial charge on any atom is 0.196 e. The highest BCUT2D eigenvalue weighted by molar-refractivity contribution is 7.99. The van der Waals surface area contributed by atoms with E-state index in [4.69, 9.17) is 0 Å². The van der Waals surface area contributed by atoms with Gasteiger partial charge in [-0.15, -0.1) is 10.2 Å². The molecular weight excluding hydrogens is 428 g/mol. The number of carbonyl (C=O) groups excluding carboxylic acids is 1. The van der Waals surface area contributed by atoms with Crippen molar-refractivity contribution in [3.8, 4) is 17.1 Å².